The first-order chi connectivity index (χ1) is 12.2. The topological polar surface area (TPSA) is 41.0 Å². The molecule has 0 saturated heterocycles. The molecule has 0 fully saturated rings. The highest BCUT2D eigenvalue weighted by Gasteiger charge is 2.10. The zero-order valence-electron chi connectivity index (χ0n) is 15.0. The maximum absolute atomic E-state index is 4.46. The zero-order chi connectivity index (χ0) is 17.6. The molecule has 3 aromatic rings. The molecule has 0 atom stereocenters. The monoisotopic (exact) mass is 332 g/mol. The van der Waals surface area contributed by atoms with Crippen molar-refractivity contribution < 1.29 is 0 Å². The lowest BCUT2D eigenvalue weighted by atomic mass is 10.1. The molecule has 0 aliphatic rings. The summed E-state index contributed by atoms with van der Waals surface area (Å²) >= 11 is 0. The highest BCUT2D eigenvalue weighted by Crippen LogP contribution is 2.25. The Balaban J connectivity index is 1.78. The number of anilines is 3. The van der Waals surface area contributed by atoms with Crippen molar-refractivity contribution in [1.82, 2.24) is 9.97 Å². The van der Waals surface area contributed by atoms with Crippen molar-refractivity contribution in [3.05, 3.63) is 77.6 Å². The maximum Gasteiger partial charge on any atom is 0.138 e. The lowest BCUT2D eigenvalue weighted by molar-refractivity contribution is 0.970. The van der Waals surface area contributed by atoms with Crippen LogP contribution in [0.25, 0.3) is 0 Å². The van der Waals surface area contributed by atoms with E-state index in [4.69, 9.17) is 0 Å². The van der Waals surface area contributed by atoms with E-state index in [0.717, 1.165) is 30.4 Å². The lowest BCUT2D eigenvalue weighted by Gasteiger charge is -2.22. The van der Waals surface area contributed by atoms with Crippen LogP contribution in [-0.2, 0) is 6.54 Å². The Hall–Kier alpha value is -2.88. The van der Waals surface area contributed by atoms with Crippen molar-refractivity contribution in [3.8, 4) is 0 Å². The van der Waals surface area contributed by atoms with E-state index in [1.807, 2.05) is 6.07 Å². The fourth-order valence-electron chi connectivity index (χ4n) is 2.88. The molecular formula is C21H24N4. The summed E-state index contributed by atoms with van der Waals surface area (Å²) in [7, 11) is 0. The summed E-state index contributed by atoms with van der Waals surface area (Å²) in [4.78, 5) is 11.0. The van der Waals surface area contributed by atoms with Crippen LogP contribution in [0.4, 0.5) is 17.3 Å². The van der Waals surface area contributed by atoms with E-state index >= 15 is 0 Å². The normalized spacial score (nSPS) is 10.5. The first kappa shape index (κ1) is 17.0. The Labute approximate surface area is 149 Å². The first-order valence-corrected chi connectivity index (χ1v) is 8.61. The van der Waals surface area contributed by atoms with Crippen LogP contribution in [0.2, 0.25) is 0 Å². The molecular weight excluding hydrogens is 308 g/mol. The molecule has 1 aromatic heterocycles. The largest absolute Gasteiger partial charge is 0.366 e. The van der Waals surface area contributed by atoms with E-state index in [-0.39, 0.29) is 0 Å². The molecule has 0 amide bonds. The van der Waals surface area contributed by atoms with E-state index in [0.29, 0.717) is 0 Å². The van der Waals surface area contributed by atoms with Gasteiger partial charge in [0.1, 0.15) is 18.0 Å². The van der Waals surface area contributed by atoms with Crippen LogP contribution in [0.3, 0.4) is 0 Å². The van der Waals surface area contributed by atoms with Gasteiger partial charge >= 0.3 is 0 Å². The predicted octanol–water partition coefficient (Wildman–Crippen LogP) is 4.86. The average Bonchev–Trinajstić information content (AvgIpc) is 2.61. The van der Waals surface area contributed by atoms with Gasteiger partial charge in [-0.15, -0.1) is 0 Å². The van der Waals surface area contributed by atoms with E-state index in [1.54, 1.807) is 6.33 Å². The number of hydrogen-bond donors (Lipinski definition) is 1. The van der Waals surface area contributed by atoms with Gasteiger partial charge in [-0.1, -0.05) is 42.0 Å². The summed E-state index contributed by atoms with van der Waals surface area (Å²) in [6, 6.07) is 18.9. The van der Waals surface area contributed by atoms with E-state index in [2.05, 4.69) is 89.5 Å². The van der Waals surface area contributed by atoms with Crippen molar-refractivity contribution in [1.29, 1.82) is 0 Å². The molecule has 0 unspecified atom stereocenters. The molecule has 0 radical (unpaired) electrons. The molecule has 25 heavy (non-hydrogen) atoms. The van der Waals surface area contributed by atoms with Gasteiger partial charge in [-0.3, -0.25) is 0 Å². The molecule has 4 nitrogen and oxygen atoms in total. The van der Waals surface area contributed by atoms with Gasteiger partial charge in [0.15, 0.2) is 0 Å². The number of aryl methyl sites for hydroxylation is 2. The summed E-state index contributed by atoms with van der Waals surface area (Å²) in [5.41, 5.74) is 4.89. The van der Waals surface area contributed by atoms with Crippen molar-refractivity contribution in [2.75, 3.05) is 16.8 Å². The number of hydrogen-bond acceptors (Lipinski definition) is 4. The Kier molecular flexibility index (Phi) is 5.29. The van der Waals surface area contributed by atoms with Crippen LogP contribution in [0.5, 0.6) is 0 Å². The third-order valence-electron chi connectivity index (χ3n) is 4.11. The molecule has 1 heterocycles. The van der Waals surface area contributed by atoms with Gasteiger partial charge in [-0.25, -0.2) is 9.97 Å². The summed E-state index contributed by atoms with van der Waals surface area (Å²) < 4.78 is 0. The second-order valence-corrected chi connectivity index (χ2v) is 6.19. The number of nitrogens with zero attached hydrogens (tertiary/aromatic N) is 3. The fraction of sp³-hybridized carbons (Fsp3) is 0.238. The minimum absolute atomic E-state index is 0.745. The van der Waals surface area contributed by atoms with E-state index < -0.39 is 0 Å². The molecule has 4 heteroatoms. The minimum atomic E-state index is 0.745. The Morgan fingerprint density at radius 1 is 0.920 bits per heavy atom. The molecule has 128 valence electrons. The second-order valence-electron chi connectivity index (χ2n) is 6.19. The first-order valence-electron chi connectivity index (χ1n) is 8.61. The number of aromatic nitrogens is 2. The third-order valence-corrected chi connectivity index (χ3v) is 4.11. The van der Waals surface area contributed by atoms with Gasteiger partial charge in [0.25, 0.3) is 0 Å². The van der Waals surface area contributed by atoms with Gasteiger partial charge in [0.05, 0.1) is 0 Å². The van der Waals surface area contributed by atoms with Crippen LogP contribution >= 0.6 is 0 Å². The van der Waals surface area contributed by atoms with E-state index in [9.17, 15) is 0 Å². The van der Waals surface area contributed by atoms with Crippen molar-refractivity contribution in [2.24, 2.45) is 0 Å². The van der Waals surface area contributed by atoms with Crippen LogP contribution in [0.1, 0.15) is 23.6 Å². The van der Waals surface area contributed by atoms with Gasteiger partial charge in [0.2, 0.25) is 0 Å². The molecule has 0 aliphatic heterocycles. The number of nitrogens with one attached hydrogen (secondary N) is 1. The van der Waals surface area contributed by atoms with Crippen molar-refractivity contribution >= 4 is 17.3 Å². The Bertz CT molecular complexity index is 845. The van der Waals surface area contributed by atoms with Gasteiger partial charge in [0, 0.05) is 24.8 Å². The average molecular weight is 332 g/mol. The molecule has 0 bridgehead atoms. The van der Waals surface area contributed by atoms with Crippen LogP contribution < -0.4 is 10.2 Å². The molecule has 1 N–H and O–H groups in total. The van der Waals surface area contributed by atoms with Gasteiger partial charge < -0.3 is 10.2 Å². The summed E-state index contributed by atoms with van der Waals surface area (Å²) in [6.45, 7) is 7.93. The standard InChI is InChI=1S/C21H24N4/c1-4-25(19-10-6-8-17(3)12-19)21-13-20(23-15-24-21)22-14-18-9-5-7-16(2)11-18/h5-13,15H,4,14H2,1-3H3,(H,22,23,24). The second kappa shape index (κ2) is 7.79. The highest BCUT2D eigenvalue weighted by molar-refractivity contribution is 5.62. The molecule has 3 rings (SSSR count). The fourth-order valence-corrected chi connectivity index (χ4v) is 2.88. The quantitative estimate of drug-likeness (QED) is 0.699. The summed E-state index contributed by atoms with van der Waals surface area (Å²) in [5.74, 6) is 1.73. The van der Waals surface area contributed by atoms with E-state index in [1.165, 1.54) is 16.7 Å². The Morgan fingerprint density at radius 2 is 1.68 bits per heavy atom. The molecule has 0 spiro atoms. The zero-order valence-corrected chi connectivity index (χ0v) is 15.0. The third kappa shape index (κ3) is 4.35. The summed E-state index contributed by atoms with van der Waals surface area (Å²) in [5, 5.41) is 3.39. The van der Waals surface area contributed by atoms with Gasteiger partial charge in [-0.05, 0) is 44.0 Å². The Morgan fingerprint density at radius 3 is 2.40 bits per heavy atom. The SMILES string of the molecule is CCN(c1cccc(C)c1)c1cc(NCc2cccc(C)c2)ncn1. The van der Waals surface area contributed by atoms with Crippen molar-refractivity contribution in [2.45, 2.75) is 27.3 Å². The molecule has 2 aromatic carbocycles. The van der Waals surface area contributed by atoms with Crippen molar-refractivity contribution in [3.63, 3.8) is 0 Å². The maximum atomic E-state index is 4.46. The van der Waals surface area contributed by atoms with Crippen LogP contribution in [0, 0.1) is 13.8 Å². The molecule has 0 aliphatic carbocycles. The predicted molar refractivity (Wildman–Crippen MR) is 104 cm³/mol. The number of rotatable bonds is 6. The van der Waals surface area contributed by atoms with Crippen LogP contribution in [-0.4, -0.2) is 16.5 Å². The van der Waals surface area contributed by atoms with Gasteiger partial charge in [-0.2, -0.15) is 0 Å². The minimum Gasteiger partial charge on any atom is -0.366 e. The van der Waals surface area contributed by atoms with Crippen LogP contribution in [0.15, 0.2) is 60.9 Å². The smallest absolute Gasteiger partial charge is 0.138 e. The summed E-state index contributed by atoms with van der Waals surface area (Å²) in [6.07, 6.45) is 1.62. The molecule has 0 saturated carbocycles. The highest BCUT2D eigenvalue weighted by atomic mass is 15.2. The number of benzene rings is 2. The lowest BCUT2D eigenvalue weighted by Crippen LogP contribution is -2.18.